The van der Waals surface area contributed by atoms with Crippen molar-refractivity contribution in [3.8, 4) is 5.75 Å². The Morgan fingerprint density at radius 3 is 2.96 bits per heavy atom. The number of methoxy groups -OCH3 is 1. The lowest BCUT2D eigenvalue weighted by atomic mass is 9.96. The lowest BCUT2D eigenvalue weighted by molar-refractivity contribution is -0.118. The molecule has 1 aromatic carbocycles. The first kappa shape index (κ1) is 16.6. The number of carbonyl (C=O) groups excluding carboxylic acids is 1. The summed E-state index contributed by atoms with van der Waals surface area (Å²) in [6.07, 6.45) is 5.12. The topological polar surface area (TPSA) is 45.1 Å². The highest BCUT2D eigenvalue weighted by atomic mass is 32.2. The molecular formula is C17H18FN3O2S. The van der Waals surface area contributed by atoms with Crippen molar-refractivity contribution in [2.75, 3.05) is 21.2 Å². The number of halogens is 1. The van der Waals surface area contributed by atoms with Gasteiger partial charge in [0.1, 0.15) is 12.1 Å². The third kappa shape index (κ3) is 3.03. The first-order valence-corrected chi connectivity index (χ1v) is 8.30. The summed E-state index contributed by atoms with van der Waals surface area (Å²) in [6.45, 7) is 0. The monoisotopic (exact) mass is 347 g/mol. The van der Waals surface area contributed by atoms with Crippen LogP contribution in [0.4, 0.5) is 4.39 Å². The van der Waals surface area contributed by atoms with Crippen LogP contribution >= 0.6 is 11.8 Å². The highest BCUT2D eigenvalue weighted by Gasteiger charge is 2.41. The highest BCUT2D eigenvalue weighted by Crippen LogP contribution is 2.39. The fourth-order valence-electron chi connectivity index (χ4n) is 2.66. The van der Waals surface area contributed by atoms with E-state index in [9.17, 15) is 9.18 Å². The van der Waals surface area contributed by atoms with E-state index in [1.165, 1.54) is 24.9 Å². The molecule has 3 rings (SSSR count). The van der Waals surface area contributed by atoms with Gasteiger partial charge in [0.05, 0.1) is 7.11 Å². The molecule has 0 N–H and O–H groups in total. The van der Waals surface area contributed by atoms with E-state index in [4.69, 9.17) is 4.74 Å². The van der Waals surface area contributed by atoms with Crippen LogP contribution < -0.4 is 4.74 Å². The van der Waals surface area contributed by atoms with Crippen molar-refractivity contribution in [3.05, 3.63) is 53.5 Å². The second kappa shape index (κ2) is 6.68. The standard InChI is InChI=1S/C17H18FN3O2S/c1-20(2)7-6-13(22)16-15(19-17-21(16)8-9-24-17)11-4-5-12(18)14(10-11)23-3/h4-10,15-16H,1-3H3. The second-order valence-corrected chi connectivity index (χ2v) is 6.56. The molecule has 2 heterocycles. The van der Waals surface area contributed by atoms with Gasteiger partial charge in [0, 0.05) is 26.5 Å². The minimum absolute atomic E-state index is 0.0529. The lowest BCUT2D eigenvalue weighted by Gasteiger charge is -2.23. The smallest absolute Gasteiger partial charge is 0.182 e. The van der Waals surface area contributed by atoms with Gasteiger partial charge in [0.25, 0.3) is 0 Å². The number of amidine groups is 1. The number of carbonyl (C=O) groups is 1. The highest BCUT2D eigenvalue weighted by molar-refractivity contribution is 8.16. The number of fused-ring (bicyclic) bond motifs is 1. The maximum atomic E-state index is 13.7. The van der Waals surface area contributed by atoms with Crippen molar-refractivity contribution in [1.82, 2.24) is 9.80 Å². The number of ether oxygens (including phenoxy) is 1. The van der Waals surface area contributed by atoms with E-state index in [0.29, 0.717) is 0 Å². The third-order valence-electron chi connectivity index (χ3n) is 3.81. The molecule has 126 valence electrons. The predicted octanol–water partition coefficient (Wildman–Crippen LogP) is 2.78. The van der Waals surface area contributed by atoms with Crippen LogP contribution in [0.1, 0.15) is 11.6 Å². The third-order valence-corrected chi connectivity index (χ3v) is 4.59. The van der Waals surface area contributed by atoms with Gasteiger partial charge in [-0.1, -0.05) is 17.8 Å². The van der Waals surface area contributed by atoms with Gasteiger partial charge in [-0.15, -0.1) is 0 Å². The Bertz CT molecular complexity index is 745. The molecule has 0 saturated carbocycles. The Kier molecular flexibility index (Phi) is 4.62. The van der Waals surface area contributed by atoms with Crippen molar-refractivity contribution in [2.45, 2.75) is 12.1 Å². The van der Waals surface area contributed by atoms with Crippen molar-refractivity contribution in [2.24, 2.45) is 4.99 Å². The average Bonchev–Trinajstić information content (AvgIpc) is 3.13. The molecule has 0 aliphatic carbocycles. The zero-order valence-corrected chi connectivity index (χ0v) is 14.5. The number of thioether (sulfide) groups is 1. The van der Waals surface area contributed by atoms with E-state index in [-0.39, 0.29) is 11.5 Å². The van der Waals surface area contributed by atoms with Gasteiger partial charge in [0.15, 0.2) is 22.5 Å². The summed E-state index contributed by atoms with van der Waals surface area (Å²) in [4.78, 5) is 21.0. The van der Waals surface area contributed by atoms with Gasteiger partial charge in [0.2, 0.25) is 0 Å². The maximum absolute atomic E-state index is 13.7. The number of nitrogens with zero attached hydrogens (tertiary/aromatic N) is 3. The van der Waals surface area contributed by atoms with Crippen LogP contribution in [0, 0.1) is 5.82 Å². The van der Waals surface area contributed by atoms with E-state index in [1.807, 2.05) is 30.6 Å². The molecule has 24 heavy (non-hydrogen) atoms. The Labute approximate surface area is 144 Å². The summed E-state index contributed by atoms with van der Waals surface area (Å²) in [5.41, 5.74) is 0.751. The van der Waals surface area contributed by atoms with E-state index in [2.05, 4.69) is 4.99 Å². The molecule has 2 unspecified atom stereocenters. The molecule has 7 heteroatoms. The molecule has 0 radical (unpaired) electrons. The SMILES string of the molecule is COc1cc(C2N=C3SC=CN3C2C(=O)C=CN(C)C)ccc1F. The molecule has 2 atom stereocenters. The van der Waals surface area contributed by atoms with E-state index in [0.717, 1.165) is 10.7 Å². The molecule has 0 amide bonds. The summed E-state index contributed by atoms with van der Waals surface area (Å²) < 4.78 is 18.7. The first-order valence-electron chi connectivity index (χ1n) is 7.42. The van der Waals surface area contributed by atoms with Crippen molar-refractivity contribution in [3.63, 3.8) is 0 Å². The van der Waals surface area contributed by atoms with Gasteiger partial charge >= 0.3 is 0 Å². The van der Waals surface area contributed by atoms with Crippen LogP contribution in [-0.2, 0) is 4.79 Å². The average molecular weight is 347 g/mol. The van der Waals surface area contributed by atoms with E-state index in [1.54, 1.807) is 29.3 Å². The predicted molar refractivity (Wildman–Crippen MR) is 93.3 cm³/mol. The number of rotatable bonds is 5. The Morgan fingerprint density at radius 2 is 2.25 bits per heavy atom. The van der Waals surface area contributed by atoms with Gasteiger partial charge in [-0.3, -0.25) is 9.79 Å². The molecule has 0 bridgehead atoms. The summed E-state index contributed by atoms with van der Waals surface area (Å²) in [5.74, 6) is -0.335. The molecule has 5 nitrogen and oxygen atoms in total. The molecule has 0 spiro atoms. The number of benzene rings is 1. The van der Waals surface area contributed by atoms with E-state index < -0.39 is 17.9 Å². The summed E-state index contributed by atoms with van der Waals surface area (Å²) in [7, 11) is 5.13. The van der Waals surface area contributed by atoms with Gasteiger partial charge < -0.3 is 14.5 Å². The van der Waals surface area contributed by atoms with E-state index >= 15 is 0 Å². The van der Waals surface area contributed by atoms with Crippen LogP contribution in [0.3, 0.4) is 0 Å². The van der Waals surface area contributed by atoms with Crippen LogP contribution in [0.5, 0.6) is 5.75 Å². The van der Waals surface area contributed by atoms with Crippen LogP contribution in [0.15, 0.2) is 47.1 Å². The summed E-state index contributed by atoms with van der Waals surface area (Å²) >= 11 is 1.47. The maximum Gasteiger partial charge on any atom is 0.182 e. The number of aliphatic imine (C=N–C) groups is 1. The van der Waals surface area contributed by atoms with Crippen LogP contribution in [0.2, 0.25) is 0 Å². The second-order valence-electron chi connectivity index (χ2n) is 5.69. The minimum atomic E-state index is -0.474. The van der Waals surface area contributed by atoms with Crippen LogP contribution in [0.25, 0.3) is 0 Å². The van der Waals surface area contributed by atoms with Gasteiger partial charge in [-0.25, -0.2) is 4.39 Å². The van der Waals surface area contributed by atoms with Gasteiger partial charge in [-0.2, -0.15) is 0 Å². The fraction of sp³-hybridized carbons (Fsp3) is 0.294. The zero-order valence-electron chi connectivity index (χ0n) is 13.6. The quantitative estimate of drug-likeness (QED) is 0.767. The Balaban J connectivity index is 1.95. The normalized spacial score (nSPS) is 22.0. The lowest BCUT2D eigenvalue weighted by Crippen LogP contribution is -2.37. The van der Waals surface area contributed by atoms with Crippen molar-refractivity contribution in [1.29, 1.82) is 0 Å². The summed E-state index contributed by atoms with van der Waals surface area (Å²) in [5, 5.41) is 2.68. The van der Waals surface area contributed by atoms with Crippen molar-refractivity contribution < 1.29 is 13.9 Å². The molecule has 1 aromatic rings. The molecule has 0 saturated heterocycles. The Morgan fingerprint density at radius 1 is 1.46 bits per heavy atom. The first-order chi connectivity index (χ1) is 11.5. The Hall–Kier alpha value is -2.28. The van der Waals surface area contributed by atoms with Gasteiger partial charge in [-0.05, 0) is 29.2 Å². The number of hydrogen-bond donors (Lipinski definition) is 0. The van der Waals surface area contributed by atoms with Crippen LogP contribution in [-0.4, -0.2) is 48.0 Å². The number of hydrogen-bond acceptors (Lipinski definition) is 6. The largest absolute Gasteiger partial charge is 0.494 e. The molecule has 2 aliphatic rings. The molecule has 0 aromatic heterocycles. The minimum Gasteiger partial charge on any atom is -0.494 e. The zero-order chi connectivity index (χ0) is 17.3. The fourth-order valence-corrected chi connectivity index (χ4v) is 3.45. The molecule has 2 aliphatic heterocycles. The van der Waals surface area contributed by atoms with Crippen molar-refractivity contribution >= 4 is 22.7 Å². The summed E-state index contributed by atoms with van der Waals surface area (Å²) in [6, 6.07) is 3.73. The number of ketones is 1. The molecule has 0 fully saturated rings. The molecular weight excluding hydrogens is 329 g/mol.